The van der Waals surface area contributed by atoms with Crippen LogP contribution in [0.4, 0.5) is 11.5 Å². The minimum absolute atomic E-state index is 0.339. The van der Waals surface area contributed by atoms with Crippen LogP contribution < -0.4 is 14.8 Å². The fourth-order valence-electron chi connectivity index (χ4n) is 2.78. The van der Waals surface area contributed by atoms with Gasteiger partial charge in [0.2, 0.25) is 7.11 Å². The van der Waals surface area contributed by atoms with Gasteiger partial charge in [-0.25, -0.2) is 9.97 Å². The highest BCUT2D eigenvalue weighted by atomic mass is 16.5. The zero-order chi connectivity index (χ0) is 21.2. The molecule has 0 atom stereocenters. The first kappa shape index (κ1) is 21.2. The first-order valence-electron chi connectivity index (χ1n) is 9.58. The van der Waals surface area contributed by atoms with E-state index in [0.717, 1.165) is 16.6 Å². The van der Waals surface area contributed by atoms with Crippen molar-refractivity contribution in [3.63, 3.8) is 0 Å². The van der Waals surface area contributed by atoms with Crippen molar-refractivity contribution < 1.29 is 18.9 Å². The van der Waals surface area contributed by atoms with Gasteiger partial charge in [-0.1, -0.05) is 12.0 Å². The average Bonchev–Trinajstić information content (AvgIpc) is 2.77. The molecule has 2 aromatic carbocycles. The summed E-state index contributed by atoms with van der Waals surface area (Å²) >= 11 is 0. The van der Waals surface area contributed by atoms with E-state index in [0.29, 0.717) is 55.9 Å². The van der Waals surface area contributed by atoms with E-state index in [1.165, 1.54) is 6.33 Å². The number of rotatable bonds is 11. The molecule has 0 spiro atoms. The van der Waals surface area contributed by atoms with E-state index >= 15 is 0 Å². The van der Waals surface area contributed by atoms with Crippen LogP contribution in [0, 0.1) is 19.5 Å². The highest BCUT2D eigenvalue weighted by Crippen LogP contribution is 2.35. The molecule has 0 fully saturated rings. The van der Waals surface area contributed by atoms with E-state index in [2.05, 4.69) is 28.3 Å². The maximum atomic E-state index is 5.90. The molecule has 0 saturated heterocycles. The van der Waals surface area contributed by atoms with Crippen molar-refractivity contribution in [2.45, 2.75) is 6.92 Å². The molecule has 7 heteroatoms. The molecular formula is C23H24N3O4+. The van der Waals surface area contributed by atoms with Crippen molar-refractivity contribution in [1.82, 2.24) is 9.97 Å². The first-order chi connectivity index (χ1) is 14.7. The van der Waals surface area contributed by atoms with Gasteiger partial charge in [-0.05, 0) is 31.2 Å². The Morgan fingerprint density at radius 1 is 1.03 bits per heavy atom. The average molecular weight is 406 g/mol. The smallest absolute Gasteiger partial charge is 0.213 e. The Bertz CT molecular complexity index is 1020. The summed E-state index contributed by atoms with van der Waals surface area (Å²) in [5.41, 5.74) is 2.32. The molecule has 0 amide bonds. The molecule has 0 saturated carbocycles. The number of fused-ring (bicyclic) bond motifs is 1. The number of benzene rings is 2. The standard InChI is InChI=1S/C23H24N3O4/c1-4-17-7-6-8-18(13-17)26-23-19-14-21(30-12-10-28-5-2)22(29-11-9-27-3)15-20(19)24-16-25-23/h1,6-8,13-16H,3,5,9-12H2,2H3,(H,24,25,26)/q+1. The van der Waals surface area contributed by atoms with Gasteiger partial charge in [-0.3, -0.25) is 0 Å². The summed E-state index contributed by atoms with van der Waals surface area (Å²) in [5.74, 6) is 4.40. The predicted molar refractivity (Wildman–Crippen MR) is 116 cm³/mol. The Kier molecular flexibility index (Phi) is 7.72. The second-order valence-corrected chi connectivity index (χ2v) is 6.19. The van der Waals surface area contributed by atoms with E-state index in [4.69, 9.17) is 25.4 Å². The number of hydrogen-bond acceptors (Lipinski definition) is 7. The molecule has 30 heavy (non-hydrogen) atoms. The Morgan fingerprint density at radius 2 is 1.83 bits per heavy atom. The van der Waals surface area contributed by atoms with Crippen molar-refractivity contribution in [1.29, 1.82) is 0 Å². The molecular weight excluding hydrogens is 382 g/mol. The Morgan fingerprint density at radius 3 is 2.60 bits per heavy atom. The topological polar surface area (TPSA) is 74.7 Å². The highest BCUT2D eigenvalue weighted by Gasteiger charge is 2.13. The summed E-state index contributed by atoms with van der Waals surface area (Å²) in [6.45, 7) is 4.13. The number of anilines is 2. The number of terminal acetylenes is 1. The van der Waals surface area contributed by atoms with Crippen LogP contribution in [0.15, 0.2) is 42.7 Å². The van der Waals surface area contributed by atoms with Gasteiger partial charge in [-0.15, -0.1) is 6.42 Å². The van der Waals surface area contributed by atoms with Crippen molar-refractivity contribution in [3.05, 3.63) is 55.4 Å². The van der Waals surface area contributed by atoms with Crippen LogP contribution >= 0.6 is 0 Å². The molecule has 0 radical (unpaired) electrons. The molecule has 0 aliphatic rings. The zero-order valence-corrected chi connectivity index (χ0v) is 16.9. The van der Waals surface area contributed by atoms with Gasteiger partial charge in [0.25, 0.3) is 0 Å². The van der Waals surface area contributed by atoms with Gasteiger partial charge in [0.15, 0.2) is 11.5 Å². The van der Waals surface area contributed by atoms with Crippen LogP contribution in [-0.4, -0.2) is 43.0 Å². The second-order valence-electron chi connectivity index (χ2n) is 6.19. The zero-order valence-electron chi connectivity index (χ0n) is 16.9. The predicted octanol–water partition coefficient (Wildman–Crippen LogP) is 3.96. The molecule has 3 rings (SSSR count). The Balaban J connectivity index is 1.93. The van der Waals surface area contributed by atoms with Gasteiger partial charge >= 0.3 is 0 Å². The van der Waals surface area contributed by atoms with E-state index in [-0.39, 0.29) is 0 Å². The van der Waals surface area contributed by atoms with Crippen molar-refractivity contribution in [2.75, 3.05) is 38.4 Å². The third-order valence-corrected chi connectivity index (χ3v) is 4.17. The number of nitrogens with one attached hydrogen (secondary N) is 1. The summed E-state index contributed by atoms with van der Waals surface area (Å²) in [5, 5.41) is 4.09. The lowest BCUT2D eigenvalue weighted by Crippen LogP contribution is -2.09. The van der Waals surface area contributed by atoms with Crippen LogP contribution in [-0.2, 0) is 9.47 Å². The van der Waals surface area contributed by atoms with Crippen molar-refractivity contribution >= 4 is 22.4 Å². The Hall–Kier alpha value is -3.47. The lowest BCUT2D eigenvalue weighted by molar-refractivity contribution is 0.107. The lowest BCUT2D eigenvalue weighted by atomic mass is 10.2. The summed E-state index contributed by atoms with van der Waals surface area (Å²) in [7, 11) is 3.35. The first-order valence-corrected chi connectivity index (χ1v) is 9.58. The highest BCUT2D eigenvalue weighted by molar-refractivity contribution is 5.93. The van der Waals surface area contributed by atoms with Crippen LogP contribution in [0.2, 0.25) is 0 Å². The molecule has 1 aromatic heterocycles. The minimum atomic E-state index is 0.339. The van der Waals surface area contributed by atoms with E-state index in [1.807, 2.05) is 43.3 Å². The number of ether oxygens (including phenoxy) is 4. The second kappa shape index (κ2) is 10.9. The fourth-order valence-corrected chi connectivity index (χ4v) is 2.78. The van der Waals surface area contributed by atoms with Crippen LogP contribution in [0.3, 0.4) is 0 Å². The van der Waals surface area contributed by atoms with E-state index in [9.17, 15) is 0 Å². The summed E-state index contributed by atoms with van der Waals surface area (Å²) in [6, 6.07) is 11.2. The molecule has 0 bridgehead atoms. The van der Waals surface area contributed by atoms with Gasteiger partial charge in [0.1, 0.15) is 32.0 Å². The number of hydrogen-bond donors (Lipinski definition) is 1. The molecule has 1 heterocycles. The molecule has 7 nitrogen and oxygen atoms in total. The normalized spacial score (nSPS) is 10.5. The van der Waals surface area contributed by atoms with Gasteiger partial charge < -0.3 is 19.5 Å². The third kappa shape index (κ3) is 5.54. The minimum Gasteiger partial charge on any atom is -0.487 e. The van der Waals surface area contributed by atoms with Crippen molar-refractivity contribution in [3.8, 4) is 23.8 Å². The third-order valence-electron chi connectivity index (χ3n) is 4.17. The lowest BCUT2D eigenvalue weighted by Gasteiger charge is -2.15. The maximum Gasteiger partial charge on any atom is 0.213 e. The van der Waals surface area contributed by atoms with Crippen LogP contribution in [0.1, 0.15) is 12.5 Å². The van der Waals surface area contributed by atoms with Gasteiger partial charge in [0.05, 0.1) is 12.1 Å². The summed E-state index contributed by atoms with van der Waals surface area (Å²) in [6.07, 6.45) is 6.99. The molecule has 1 N–H and O–H groups in total. The molecule has 0 aliphatic heterocycles. The van der Waals surface area contributed by atoms with E-state index in [1.54, 1.807) is 0 Å². The maximum absolute atomic E-state index is 5.90. The van der Waals surface area contributed by atoms with Crippen LogP contribution in [0.5, 0.6) is 11.5 Å². The molecule has 3 aromatic rings. The summed E-state index contributed by atoms with van der Waals surface area (Å²) in [4.78, 5) is 8.76. The van der Waals surface area contributed by atoms with Gasteiger partial charge in [0, 0.05) is 29.3 Å². The van der Waals surface area contributed by atoms with Gasteiger partial charge in [-0.2, -0.15) is 4.74 Å². The van der Waals surface area contributed by atoms with Crippen molar-refractivity contribution in [2.24, 2.45) is 0 Å². The SMILES string of the molecule is C#Cc1cccc(Nc2ncnc3cc(OCCO[CH2+])c(OCCOCC)cc23)c1. The largest absolute Gasteiger partial charge is 0.487 e. The van der Waals surface area contributed by atoms with E-state index < -0.39 is 0 Å². The fraction of sp³-hybridized carbons (Fsp3) is 0.261. The molecule has 0 aliphatic carbocycles. The van der Waals surface area contributed by atoms with Crippen LogP contribution in [0.25, 0.3) is 10.9 Å². The number of aromatic nitrogens is 2. The monoisotopic (exact) mass is 406 g/mol. The molecule has 0 unspecified atom stereocenters. The number of nitrogens with zero attached hydrogens (tertiary/aromatic N) is 2. The molecule has 154 valence electrons. The summed E-state index contributed by atoms with van der Waals surface area (Å²) < 4.78 is 21.9. The Labute approximate surface area is 176 Å². The quantitative estimate of drug-likeness (QED) is 0.293.